The molecule has 0 saturated carbocycles. The van der Waals surface area contributed by atoms with Gasteiger partial charge in [0.2, 0.25) is 0 Å². The molecule has 0 saturated heterocycles. The zero-order valence-electron chi connectivity index (χ0n) is 3.32. The van der Waals surface area contributed by atoms with Crippen molar-refractivity contribution >= 4 is 16.1 Å². The van der Waals surface area contributed by atoms with Crippen LogP contribution in [0.4, 0.5) is 0 Å². The minimum atomic E-state index is -0.472. The van der Waals surface area contributed by atoms with Gasteiger partial charge < -0.3 is 0 Å². The molecule has 0 aromatic carbocycles. The Hall–Kier alpha value is 0.463. The zero-order chi connectivity index (χ0) is 4.12. The second-order valence-corrected chi connectivity index (χ2v) is 2.55. The van der Waals surface area contributed by atoms with Gasteiger partial charge in [0, 0.05) is 0 Å². The van der Waals surface area contributed by atoms with Gasteiger partial charge in [0.1, 0.15) is 0 Å². The molecule has 0 aliphatic heterocycles. The maximum absolute atomic E-state index is 4.59. The van der Waals surface area contributed by atoms with Crippen LogP contribution in [0.15, 0.2) is 0 Å². The summed E-state index contributed by atoms with van der Waals surface area (Å²) in [7, 11) is 3.28. The molecular formula is C2H6GeO2. The molecule has 0 bridgehead atoms. The van der Waals surface area contributed by atoms with E-state index in [-0.39, 0.29) is 0 Å². The second kappa shape index (κ2) is 4.46. The first-order valence-corrected chi connectivity index (χ1v) is 2.94. The fourth-order valence-electron chi connectivity index (χ4n) is 0.0833. The van der Waals surface area contributed by atoms with E-state index in [0.29, 0.717) is 0 Å². The van der Waals surface area contributed by atoms with Gasteiger partial charge in [-0.3, -0.25) is 0 Å². The van der Waals surface area contributed by atoms with Crippen molar-refractivity contribution in [1.82, 2.24) is 0 Å². The first kappa shape index (κ1) is 5.46. The summed E-state index contributed by atoms with van der Waals surface area (Å²) in [6.45, 7) is 0. The molecule has 0 amide bonds. The summed E-state index contributed by atoms with van der Waals surface area (Å²) in [5.74, 6) is 0. The Morgan fingerprint density at radius 1 is 1.20 bits per heavy atom. The summed E-state index contributed by atoms with van der Waals surface area (Å²) < 4.78 is 9.19. The average Bonchev–Trinajstić information content (AvgIpc) is 1.41. The zero-order valence-corrected chi connectivity index (χ0v) is 5.41. The predicted octanol–water partition coefficient (Wildman–Crippen LogP) is -0.187. The van der Waals surface area contributed by atoms with Gasteiger partial charge in [-0.2, -0.15) is 0 Å². The van der Waals surface area contributed by atoms with E-state index in [1.807, 2.05) is 0 Å². The van der Waals surface area contributed by atoms with Gasteiger partial charge in [-0.15, -0.1) is 0 Å². The Balaban J connectivity index is 2.19. The molecule has 2 radical (unpaired) electrons. The third kappa shape index (κ3) is 4.46. The SMILES string of the molecule is C[O][Ge][O]C. The quantitative estimate of drug-likeness (QED) is 0.488. The fraction of sp³-hybridized carbons (Fsp3) is 1.00. The van der Waals surface area contributed by atoms with Gasteiger partial charge in [0.05, 0.1) is 0 Å². The van der Waals surface area contributed by atoms with E-state index in [0.717, 1.165) is 0 Å². The summed E-state index contributed by atoms with van der Waals surface area (Å²) in [5.41, 5.74) is 0. The normalized spacial score (nSPS) is 8.40. The van der Waals surface area contributed by atoms with Crippen molar-refractivity contribution in [2.24, 2.45) is 0 Å². The van der Waals surface area contributed by atoms with Crippen LogP contribution in [0.5, 0.6) is 0 Å². The van der Waals surface area contributed by atoms with E-state index in [4.69, 9.17) is 0 Å². The van der Waals surface area contributed by atoms with Crippen LogP contribution < -0.4 is 0 Å². The van der Waals surface area contributed by atoms with Crippen LogP contribution in [0.3, 0.4) is 0 Å². The minimum absolute atomic E-state index is 0.472. The van der Waals surface area contributed by atoms with E-state index in [2.05, 4.69) is 7.53 Å². The topological polar surface area (TPSA) is 18.5 Å². The molecule has 0 rings (SSSR count). The fourth-order valence-corrected chi connectivity index (χ4v) is 0.433. The van der Waals surface area contributed by atoms with Crippen LogP contribution >= 0.6 is 0 Å². The summed E-state index contributed by atoms with van der Waals surface area (Å²) >= 11 is -0.472. The van der Waals surface area contributed by atoms with Crippen molar-refractivity contribution in [3.05, 3.63) is 0 Å². The van der Waals surface area contributed by atoms with Crippen molar-refractivity contribution in [3.8, 4) is 0 Å². The second-order valence-electron chi connectivity index (χ2n) is 0.492. The molecule has 0 aliphatic carbocycles. The molecule has 2 nitrogen and oxygen atoms in total. The third-order valence-corrected chi connectivity index (χ3v) is 0.866. The van der Waals surface area contributed by atoms with Gasteiger partial charge in [0.15, 0.2) is 0 Å². The molecule has 0 aliphatic rings. The molecule has 0 unspecified atom stereocenters. The van der Waals surface area contributed by atoms with Crippen LogP contribution in [0, 0.1) is 0 Å². The van der Waals surface area contributed by atoms with Gasteiger partial charge in [-0.25, -0.2) is 0 Å². The van der Waals surface area contributed by atoms with Gasteiger partial charge in [-0.1, -0.05) is 0 Å². The molecule has 0 aromatic rings. The Morgan fingerprint density at radius 3 is 1.60 bits per heavy atom. The summed E-state index contributed by atoms with van der Waals surface area (Å²) in [5, 5.41) is 0. The standard InChI is InChI=1S/C2H6GeO2/c1-4-3-5-2/h1-2H3. The summed E-state index contributed by atoms with van der Waals surface area (Å²) in [6.07, 6.45) is 0. The van der Waals surface area contributed by atoms with Gasteiger partial charge in [-0.05, 0) is 0 Å². The number of hydrogen-bond donors (Lipinski definition) is 0. The van der Waals surface area contributed by atoms with Crippen LogP contribution in [0.1, 0.15) is 0 Å². The van der Waals surface area contributed by atoms with E-state index in [1.165, 1.54) is 0 Å². The molecule has 0 atom stereocenters. The third-order valence-electron chi connectivity index (χ3n) is 0.167. The molecule has 5 heavy (non-hydrogen) atoms. The van der Waals surface area contributed by atoms with Gasteiger partial charge in [0.25, 0.3) is 0 Å². The van der Waals surface area contributed by atoms with Crippen molar-refractivity contribution in [1.29, 1.82) is 0 Å². The molecule has 0 aromatic heterocycles. The van der Waals surface area contributed by atoms with E-state index < -0.39 is 16.1 Å². The predicted molar refractivity (Wildman–Crippen MR) is 19.8 cm³/mol. The van der Waals surface area contributed by atoms with E-state index in [1.54, 1.807) is 14.2 Å². The number of hydrogen-bond acceptors (Lipinski definition) is 2. The van der Waals surface area contributed by atoms with Crippen LogP contribution in [0.2, 0.25) is 0 Å². The number of rotatable bonds is 2. The summed E-state index contributed by atoms with van der Waals surface area (Å²) in [6, 6.07) is 0. The molecular weight excluding hydrogens is 129 g/mol. The average molecular weight is 135 g/mol. The first-order valence-electron chi connectivity index (χ1n) is 1.22. The Bertz CT molecular complexity index is 15.1. The van der Waals surface area contributed by atoms with Crippen molar-refractivity contribution in [2.75, 3.05) is 14.2 Å². The van der Waals surface area contributed by atoms with E-state index in [9.17, 15) is 0 Å². The molecule has 3 heteroatoms. The van der Waals surface area contributed by atoms with Crippen LogP contribution in [-0.4, -0.2) is 30.3 Å². The molecule has 30 valence electrons. The van der Waals surface area contributed by atoms with Gasteiger partial charge >= 0.3 is 37.9 Å². The summed E-state index contributed by atoms with van der Waals surface area (Å²) in [4.78, 5) is 0. The Morgan fingerprint density at radius 2 is 1.60 bits per heavy atom. The van der Waals surface area contributed by atoms with Crippen molar-refractivity contribution < 1.29 is 7.53 Å². The van der Waals surface area contributed by atoms with Crippen molar-refractivity contribution in [2.45, 2.75) is 0 Å². The van der Waals surface area contributed by atoms with Crippen LogP contribution in [-0.2, 0) is 7.53 Å². The first-order chi connectivity index (χ1) is 2.41. The maximum atomic E-state index is 4.59. The molecule has 0 fully saturated rings. The Kier molecular flexibility index (Phi) is 4.88. The van der Waals surface area contributed by atoms with Crippen LogP contribution in [0.25, 0.3) is 0 Å². The molecule has 0 N–H and O–H groups in total. The van der Waals surface area contributed by atoms with Crippen molar-refractivity contribution in [3.63, 3.8) is 0 Å². The Labute approximate surface area is 38.6 Å². The van der Waals surface area contributed by atoms with E-state index >= 15 is 0 Å². The monoisotopic (exact) mass is 136 g/mol. The molecule has 0 heterocycles. The molecule has 0 spiro atoms.